The lowest BCUT2D eigenvalue weighted by atomic mass is 10.1. The summed E-state index contributed by atoms with van der Waals surface area (Å²) < 4.78 is 0. The number of amides is 1. The first kappa shape index (κ1) is 19.6. The Hall–Kier alpha value is -2.70. The van der Waals surface area contributed by atoms with Crippen LogP contribution in [0.15, 0.2) is 48.8 Å². The van der Waals surface area contributed by atoms with Crippen LogP contribution in [0.3, 0.4) is 0 Å². The van der Waals surface area contributed by atoms with E-state index in [1.54, 1.807) is 6.20 Å². The number of benzene rings is 1. The molecule has 1 aromatic carbocycles. The van der Waals surface area contributed by atoms with Crippen molar-refractivity contribution in [3.8, 4) is 11.3 Å². The van der Waals surface area contributed by atoms with Gasteiger partial charge in [-0.15, -0.1) is 0 Å². The van der Waals surface area contributed by atoms with Crippen LogP contribution in [0.5, 0.6) is 0 Å². The van der Waals surface area contributed by atoms with E-state index in [1.807, 2.05) is 49.3 Å². The molecular weight excluding hydrogens is 364 g/mol. The summed E-state index contributed by atoms with van der Waals surface area (Å²) in [6, 6.07) is 12.6. The van der Waals surface area contributed by atoms with Crippen LogP contribution in [0.4, 0.5) is 0 Å². The number of fused-ring (bicyclic) bond motifs is 1. The summed E-state index contributed by atoms with van der Waals surface area (Å²) >= 11 is 0. The number of aliphatic hydroxyl groups is 1. The highest BCUT2D eigenvalue weighted by Gasteiger charge is 2.31. The largest absolute Gasteiger partial charge is 0.374 e. The zero-order valence-corrected chi connectivity index (χ0v) is 16.9. The number of nitrogens with one attached hydrogen (secondary N) is 2. The highest BCUT2D eigenvalue weighted by molar-refractivity contribution is 5.84. The Morgan fingerprint density at radius 2 is 2.17 bits per heavy atom. The van der Waals surface area contributed by atoms with Crippen LogP contribution in [0, 0.1) is 0 Å². The second kappa shape index (κ2) is 8.35. The van der Waals surface area contributed by atoms with Gasteiger partial charge < -0.3 is 15.4 Å². The van der Waals surface area contributed by atoms with E-state index >= 15 is 0 Å². The van der Waals surface area contributed by atoms with Gasteiger partial charge in [0.15, 0.2) is 0 Å². The third-order valence-corrected chi connectivity index (χ3v) is 5.99. The number of aromatic amines is 1. The van der Waals surface area contributed by atoms with Crippen molar-refractivity contribution in [2.45, 2.75) is 50.9 Å². The Kier molecular flexibility index (Phi) is 5.65. The maximum Gasteiger partial charge on any atom is 0.219 e. The number of rotatable bonds is 6. The van der Waals surface area contributed by atoms with E-state index in [-0.39, 0.29) is 18.0 Å². The fourth-order valence-electron chi connectivity index (χ4n) is 4.16. The van der Waals surface area contributed by atoms with Gasteiger partial charge in [0.1, 0.15) is 6.23 Å². The van der Waals surface area contributed by atoms with Crippen LogP contribution in [0.2, 0.25) is 0 Å². The lowest BCUT2D eigenvalue weighted by molar-refractivity contribution is -0.121. The summed E-state index contributed by atoms with van der Waals surface area (Å²) in [4.78, 5) is 21.4. The number of hydrogen-bond acceptors (Lipinski definition) is 4. The second-order valence-corrected chi connectivity index (χ2v) is 7.88. The van der Waals surface area contributed by atoms with Gasteiger partial charge in [-0.1, -0.05) is 19.1 Å². The Morgan fingerprint density at radius 3 is 2.93 bits per heavy atom. The van der Waals surface area contributed by atoms with Gasteiger partial charge in [0.05, 0.1) is 5.69 Å². The zero-order chi connectivity index (χ0) is 20.4. The molecule has 3 atom stereocenters. The molecule has 4 rings (SSSR count). The molecule has 29 heavy (non-hydrogen) atoms. The SMILES string of the molecule is CCC(=O)N[C@H]1CC[C@@H](N(C)C(O)c2ccc(-c3ccc4[nH]ccc4c3)nc2)C1. The molecule has 0 saturated heterocycles. The van der Waals surface area contributed by atoms with Gasteiger partial charge in [-0.05, 0) is 50.6 Å². The van der Waals surface area contributed by atoms with Gasteiger partial charge >= 0.3 is 0 Å². The summed E-state index contributed by atoms with van der Waals surface area (Å²) in [5, 5.41) is 15.1. The van der Waals surface area contributed by atoms with E-state index in [2.05, 4.69) is 27.4 Å². The number of carbonyl (C=O) groups excluding carboxylic acids is 1. The van der Waals surface area contributed by atoms with E-state index in [4.69, 9.17) is 0 Å². The lowest BCUT2D eigenvalue weighted by Gasteiger charge is -2.29. The highest BCUT2D eigenvalue weighted by atomic mass is 16.3. The number of hydrogen-bond donors (Lipinski definition) is 3. The number of pyridine rings is 1. The molecule has 0 bridgehead atoms. The molecule has 3 N–H and O–H groups in total. The van der Waals surface area contributed by atoms with Crippen molar-refractivity contribution in [2.75, 3.05) is 7.05 Å². The summed E-state index contributed by atoms with van der Waals surface area (Å²) in [6.45, 7) is 1.87. The minimum Gasteiger partial charge on any atom is -0.374 e. The molecule has 0 aliphatic heterocycles. The first-order valence-electron chi connectivity index (χ1n) is 10.3. The Balaban J connectivity index is 1.42. The number of aliphatic hydroxyl groups excluding tert-OH is 1. The topological polar surface area (TPSA) is 81.3 Å². The maximum absolute atomic E-state index is 11.6. The Labute approximate surface area is 171 Å². The molecule has 6 heteroatoms. The van der Waals surface area contributed by atoms with Crippen molar-refractivity contribution in [2.24, 2.45) is 0 Å². The molecule has 1 saturated carbocycles. The predicted octanol–water partition coefficient (Wildman–Crippen LogP) is 3.60. The number of H-pyrrole nitrogens is 1. The minimum absolute atomic E-state index is 0.0940. The second-order valence-electron chi connectivity index (χ2n) is 7.88. The van der Waals surface area contributed by atoms with Gasteiger partial charge in [0.2, 0.25) is 5.91 Å². The number of nitrogens with zero attached hydrogens (tertiary/aromatic N) is 2. The first-order valence-corrected chi connectivity index (χ1v) is 10.3. The van der Waals surface area contributed by atoms with Crippen LogP contribution in [0.1, 0.15) is 44.4 Å². The average molecular weight is 393 g/mol. The Bertz CT molecular complexity index is 982. The predicted molar refractivity (Wildman–Crippen MR) is 114 cm³/mol. The molecular formula is C23H28N4O2. The van der Waals surface area contributed by atoms with E-state index in [0.29, 0.717) is 6.42 Å². The Morgan fingerprint density at radius 1 is 1.31 bits per heavy atom. The zero-order valence-electron chi connectivity index (χ0n) is 16.9. The van der Waals surface area contributed by atoms with Gasteiger partial charge in [-0.3, -0.25) is 14.7 Å². The van der Waals surface area contributed by atoms with Crippen molar-refractivity contribution in [3.05, 3.63) is 54.4 Å². The smallest absolute Gasteiger partial charge is 0.219 e. The van der Waals surface area contributed by atoms with Crippen molar-refractivity contribution in [1.29, 1.82) is 0 Å². The van der Waals surface area contributed by atoms with E-state index in [9.17, 15) is 9.90 Å². The van der Waals surface area contributed by atoms with Gasteiger partial charge in [-0.2, -0.15) is 0 Å². The maximum atomic E-state index is 11.6. The van der Waals surface area contributed by atoms with E-state index in [1.165, 1.54) is 0 Å². The summed E-state index contributed by atoms with van der Waals surface area (Å²) in [6.07, 6.45) is 6.25. The van der Waals surface area contributed by atoms with Crippen molar-refractivity contribution in [3.63, 3.8) is 0 Å². The van der Waals surface area contributed by atoms with Gasteiger partial charge in [-0.25, -0.2) is 0 Å². The van der Waals surface area contributed by atoms with E-state index < -0.39 is 6.23 Å². The number of aromatic nitrogens is 2. The molecule has 1 fully saturated rings. The normalized spacial score (nSPS) is 20.3. The molecule has 1 aliphatic rings. The molecule has 0 radical (unpaired) electrons. The quantitative estimate of drug-likeness (QED) is 0.560. The number of carbonyl (C=O) groups is 1. The third kappa shape index (κ3) is 4.18. The molecule has 6 nitrogen and oxygen atoms in total. The lowest BCUT2D eigenvalue weighted by Crippen LogP contribution is -2.37. The van der Waals surface area contributed by atoms with Crippen LogP contribution < -0.4 is 5.32 Å². The van der Waals surface area contributed by atoms with Gasteiger partial charge in [0, 0.05) is 52.9 Å². The van der Waals surface area contributed by atoms with Crippen molar-refractivity contribution < 1.29 is 9.90 Å². The molecule has 2 aromatic heterocycles. The average Bonchev–Trinajstić information content (AvgIpc) is 3.41. The third-order valence-electron chi connectivity index (χ3n) is 5.99. The fourth-order valence-corrected chi connectivity index (χ4v) is 4.16. The van der Waals surface area contributed by atoms with Crippen molar-refractivity contribution in [1.82, 2.24) is 20.2 Å². The molecule has 1 amide bonds. The standard InChI is InChI=1S/C23H28N4O2/c1-3-22(28)26-18-6-7-19(13-18)27(2)23(29)17-5-9-21(25-14-17)15-4-8-20-16(12-15)10-11-24-20/h4-5,8-12,14,18-19,23-24,29H,3,6-7,13H2,1-2H3,(H,26,28)/t18-,19+,23?/m0/s1. The molecule has 1 unspecified atom stereocenters. The van der Waals surface area contributed by atoms with Crippen LogP contribution >= 0.6 is 0 Å². The fraction of sp³-hybridized carbons (Fsp3) is 0.391. The summed E-state index contributed by atoms with van der Waals surface area (Å²) in [5.41, 5.74) is 3.82. The highest BCUT2D eigenvalue weighted by Crippen LogP contribution is 2.30. The molecule has 1 aliphatic carbocycles. The van der Waals surface area contributed by atoms with Crippen LogP contribution in [-0.2, 0) is 4.79 Å². The summed E-state index contributed by atoms with van der Waals surface area (Å²) in [7, 11) is 1.94. The molecule has 0 spiro atoms. The monoisotopic (exact) mass is 392 g/mol. The van der Waals surface area contributed by atoms with Gasteiger partial charge in [0.25, 0.3) is 0 Å². The van der Waals surface area contributed by atoms with Crippen LogP contribution in [0.25, 0.3) is 22.2 Å². The first-order chi connectivity index (χ1) is 14.0. The minimum atomic E-state index is -0.714. The molecule has 3 aromatic rings. The molecule has 2 heterocycles. The van der Waals surface area contributed by atoms with Crippen LogP contribution in [-0.4, -0.2) is 45.0 Å². The molecule has 152 valence electrons. The van der Waals surface area contributed by atoms with E-state index in [0.717, 1.165) is 47.0 Å². The van der Waals surface area contributed by atoms with Crippen molar-refractivity contribution >= 4 is 16.8 Å². The summed E-state index contributed by atoms with van der Waals surface area (Å²) in [5.74, 6) is 0.0940.